The van der Waals surface area contributed by atoms with E-state index in [4.69, 9.17) is 4.98 Å². The Balaban J connectivity index is 1.95. The summed E-state index contributed by atoms with van der Waals surface area (Å²) < 4.78 is 2.35. The van der Waals surface area contributed by atoms with Gasteiger partial charge in [-0.2, -0.15) is 0 Å². The lowest BCUT2D eigenvalue weighted by atomic mass is 10.1. The second-order valence-electron chi connectivity index (χ2n) is 6.45. The zero-order chi connectivity index (χ0) is 15.0. The molecule has 1 N–H and O–H groups in total. The molecule has 112 valence electrons. The van der Waals surface area contributed by atoms with E-state index in [0.29, 0.717) is 6.04 Å². The monoisotopic (exact) mass is 283 g/mol. The first kappa shape index (κ1) is 14.2. The average molecular weight is 283 g/mol. The lowest BCUT2D eigenvalue weighted by Gasteiger charge is -2.18. The zero-order valence-corrected chi connectivity index (χ0v) is 13.5. The van der Waals surface area contributed by atoms with Crippen LogP contribution in [0, 0.1) is 27.7 Å². The molecule has 3 nitrogen and oxygen atoms in total. The number of rotatable bonds is 3. The highest BCUT2D eigenvalue weighted by Crippen LogP contribution is 2.34. The molecule has 3 heteroatoms. The van der Waals surface area contributed by atoms with E-state index in [2.05, 4.69) is 55.9 Å². The molecule has 2 aromatic rings. The van der Waals surface area contributed by atoms with E-state index in [1.807, 2.05) is 0 Å². The number of imidazole rings is 1. The zero-order valence-electron chi connectivity index (χ0n) is 13.5. The summed E-state index contributed by atoms with van der Waals surface area (Å²) in [5.41, 5.74) is 6.17. The minimum Gasteiger partial charge on any atom is -0.325 e. The van der Waals surface area contributed by atoms with Gasteiger partial charge in [-0.05, 0) is 51.7 Å². The third-order valence-corrected chi connectivity index (χ3v) is 4.48. The summed E-state index contributed by atoms with van der Waals surface area (Å²) >= 11 is 0. The molecule has 0 radical (unpaired) electrons. The summed E-state index contributed by atoms with van der Waals surface area (Å²) in [7, 11) is 0. The fourth-order valence-corrected chi connectivity index (χ4v) is 3.56. The molecule has 1 aliphatic carbocycles. The Hall–Kier alpha value is -1.77. The number of anilines is 2. The fourth-order valence-electron chi connectivity index (χ4n) is 3.56. The molecule has 1 heterocycles. The number of nitrogens with zero attached hydrogens (tertiary/aromatic N) is 2. The molecule has 1 fully saturated rings. The van der Waals surface area contributed by atoms with Crippen LogP contribution in [0.15, 0.2) is 18.3 Å². The highest BCUT2D eigenvalue weighted by Gasteiger charge is 2.20. The lowest BCUT2D eigenvalue weighted by Crippen LogP contribution is -2.09. The molecule has 21 heavy (non-hydrogen) atoms. The third kappa shape index (κ3) is 2.82. The van der Waals surface area contributed by atoms with Gasteiger partial charge < -0.3 is 9.88 Å². The molecule has 0 unspecified atom stereocenters. The van der Waals surface area contributed by atoms with Crippen molar-refractivity contribution in [3.8, 4) is 0 Å². The summed E-state index contributed by atoms with van der Waals surface area (Å²) in [6, 6.07) is 5.07. The first-order valence-corrected chi connectivity index (χ1v) is 7.95. The maximum atomic E-state index is 4.71. The van der Waals surface area contributed by atoms with Gasteiger partial charge in [-0.25, -0.2) is 4.98 Å². The van der Waals surface area contributed by atoms with Crippen LogP contribution in [0.3, 0.4) is 0 Å². The van der Waals surface area contributed by atoms with Crippen molar-refractivity contribution in [2.75, 3.05) is 5.32 Å². The molecule has 0 amide bonds. The van der Waals surface area contributed by atoms with E-state index in [0.717, 1.165) is 11.6 Å². The predicted octanol–water partition coefficient (Wildman–Crippen LogP) is 4.98. The summed E-state index contributed by atoms with van der Waals surface area (Å²) in [6.07, 6.45) is 7.41. The van der Waals surface area contributed by atoms with E-state index in [1.165, 1.54) is 48.1 Å². The SMILES string of the molecule is Cc1cc(C)c(Nc2nc(C)cn2C2CCCC2)c(C)c1. The molecule has 3 rings (SSSR count). The summed E-state index contributed by atoms with van der Waals surface area (Å²) in [5, 5.41) is 3.59. The van der Waals surface area contributed by atoms with Crippen molar-refractivity contribution < 1.29 is 0 Å². The molecule has 0 atom stereocenters. The van der Waals surface area contributed by atoms with Gasteiger partial charge >= 0.3 is 0 Å². The molecule has 0 bridgehead atoms. The molecule has 1 aliphatic rings. The lowest BCUT2D eigenvalue weighted by molar-refractivity contribution is 0.524. The minimum atomic E-state index is 0.611. The Labute approximate surface area is 127 Å². The second kappa shape index (κ2) is 5.55. The van der Waals surface area contributed by atoms with E-state index in [1.54, 1.807) is 0 Å². The highest BCUT2D eigenvalue weighted by molar-refractivity contribution is 5.64. The number of aryl methyl sites for hydroxylation is 4. The Bertz CT molecular complexity index is 625. The third-order valence-electron chi connectivity index (χ3n) is 4.48. The van der Waals surface area contributed by atoms with Crippen LogP contribution in [0.2, 0.25) is 0 Å². The molecule has 1 aromatic heterocycles. The van der Waals surface area contributed by atoms with Crippen molar-refractivity contribution in [2.45, 2.75) is 59.4 Å². The Kier molecular flexibility index (Phi) is 3.75. The van der Waals surface area contributed by atoms with Crippen molar-refractivity contribution in [1.29, 1.82) is 0 Å². The molecule has 0 saturated heterocycles. The number of hydrogen-bond donors (Lipinski definition) is 1. The Morgan fingerprint density at radius 1 is 1.05 bits per heavy atom. The maximum absolute atomic E-state index is 4.71. The van der Waals surface area contributed by atoms with Gasteiger partial charge in [0, 0.05) is 17.9 Å². The smallest absolute Gasteiger partial charge is 0.207 e. The van der Waals surface area contributed by atoms with Crippen LogP contribution in [0.25, 0.3) is 0 Å². The van der Waals surface area contributed by atoms with E-state index in [-0.39, 0.29) is 0 Å². The molecule has 1 saturated carbocycles. The normalized spacial score (nSPS) is 15.6. The molecule has 1 aromatic carbocycles. The first-order chi connectivity index (χ1) is 10.0. The van der Waals surface area contributed by atoms with Crippen LogP contribution in [-0.4, -0.2) is 9.55 Å². The van der Waals surface area contributed by atoms with Crippen LogP contribution in [0.5, 0.6) is 0 Å². The maximum Gasteiger partial charge on any atom is 0.207 e. The quantitative estimate of drug-likeness (QED) is 0.861. The van der Waals surface area contributed by atoms with E-state index >= 15 is 0 Å². The average Bonchev–Trinajstić information content (AvgIpc) is 3.02. The summed E-state index contributed by atoms with van der Waals surface area (Å²) in [4.78, 5) is 4.71. The number of nitrogens with one attached hydrogen (secondary N) is 1. The van der Waals surface area contributed by atoms with Crippen molar-refractivity contribution >= 4 is 11.6 Å². The van der Waals surface area contributed by atoms with Crippen LogP contribution in [-0.2, 0) is 0 Å². The van der Waals surface area contributed by atoms with Gasteiger partial charge in [0.1, 0.15) is 0 Å². The highest BCUT2D eigenvalue weighted by atomic mass is 15.2. The first-order valence-electron chi connectivity index (χ1n) is 7.95. The fraction of sp³-hybridized carbons (Fsp3) is 0.500. The standard InChI is InChI=1S/C18H25N3/c1-12-9-13(2)17(14(3)10-12)20-18-19-15(4)11-21(18)16-7-5-6-8-16/h9-11,16H,5-8H2,1-4H3,(H,19,20). The van der Waals surface area contributed by atoms with Gasteiger partial charge in [-0.1, -0.05) is 30.5 Å². The van der Waals surface area contributed by atoms with Gasteiger partial charge in [0.15, 0.2) is 0 Å². The van der Waals surface area contributed by atoms with E-state index in [9.17, 15) is 0 Å². The molecular formula is C18H25N3. The predicted molar refractivity (Wildman–Crippen MR) is 88.4 cm³/mol. The van der Waals surface area contributed by atoms with Gasteiger partial charge in [0.2, 0.25) is 5.95 Å². The van der Waals surface area contributed by atoms with Gasteiger partial charge in [0.25, 0.3) is 0 Å². The van der Waals surface area contributed by atoms with Crippen LogP contribution < -0.4 is 5.32 Å². The van der Waals surface area contributed by atoms with Crippen LogP contribution in [0.4, 0.5) is 11.6 Å². The summed E-state index contributed by atoms with van der Waals surface area (Å²) in [5.74, 6) is 0.995. The van der Waals surface area contributed by atoms with Crippen LogP contribution >= 0.6 is 0 Å². The number of benzene rings is 1. The number of aromatic nitrogens is 2. The molecule has 0 aliphatic heterocycles. The second-order valence-corrected chi connectivity index (χ2v) is 6.45. The van der Waals surface area contributed by atoms with Crippen LogP contribution in [0.1, 0.15) is 54.1 Å². The minimum absolute atomic E-state index is 0.611. The van der Waals surface area contributed by atoms with Crippen molar-refractivity contribution in [3.63, 3.8) is 0 Å². The molecule has 0 spiro atoms. The van der Waals surface area contributed by atoms with E-state index < -0.39 is 0 Å². The Morgan fingerprint density at radius 2 is 1.67 bits per heavy atom. The van der Waals surface area contributed by atoms with Gasteiger partial charge in [-0.3, -0.25) is 0 Å². The summed E-state index contributed by atoms with van der Waals surface area (Å²) in [6.45, 7) is 8.55. The largest absolute Gasteiger partial charge is 0.325 e. The van der Waals surface area contributed by atoms with Crippen molar-refractivity contribution in [2.24, 2.45) is 0 Å². The number of hydrogen-bond acceptors (Lipinski definition) is 2. The van der Waals surface area contributed by atoms with Crippen molar-refractivity contribution in [1.82, 2.24) is 9.55 Å². The Morgan fingerprint density at radius 3 is 2.29 bits per heavy atom. The topological polar surface area (TPSA) is 29.9 Å². The van der Waals surface area contributed by atoms with Gasteiger partial charge in [-0.15, -0.1) is 0 Å². The van der Waals surface area contributed by atoms with Crippen molar-refractivity contribution in [3.05, 3.63) is 40.7 Å². The van der Waals surface area contributed by atoms with Gasteiger partial charge in [0.05, 0.1) is 5.69 Å². The molecular weight excluding hydrogens is 258 g/mol.